The number of rotatable bonds is 9. The van der Waals surface area contributed by atoms with Crippen LogP contribution >= 0.6 is 0 Å². The van der Waals surface area contributed by atoms with E-state index >= 15 is 0 Å². The van der Waals surface area contributed by atoms with Crippen molar-refractivity contribution in [3.63, 3.8) is 0 Å². The van der Waals surface area contributed by atoms with Gasteiger partial charge in [-0.15, -0.1) is 0 Å². The maximum absolute atomic E-state index is 11.5. The highest BCUT2D eigenvalue weighted by atomic mass is 16.5. The van der Waals surface area contributed by atoms with Crippen LogP contribution in [0.2, 0.25) is 0 Å². The summed E-state index contributed by atoms with van der Waals surface area (Å²) in [4.78, 5) is 15.8. The molecule has 4 nitrogen and oxygen atoms in total. The number of piperidine rings is 1. The summed E-state index contributed by atoms with van der Waals surface area (Å²) in [5.41, 5.74) is 0. The minimum atomic E-state index is 0.0795. The number of hydrogen-bond donors (Lipinski definition) is 0. The highest BCUT2D eigenvalue weighted by Gasteiger charge is 2.09. The lowest BCUT2D eigenvalue weighted by Crippen LogP contribution is -2.31. The second kappa shape index (κ2) is 10.2. The predicted molar refractivity (Wildman–Crippen MR) is 78.3 cm³/mol. The molecule has 1 heterocycles. The fourth-order valence-corrected chi connectivity index (χ4v) is 2.58. The molecule has 0 aromatic carbocycles. The summed E-state index contributed by atoms with van der Waals surface area (Å²) in [6.45, 7) is 4.92. The van der Waals surface area contributed by atoms with E-state index in [2.05, 4.69) is 4.90 Å². The molecule has 0 aliphatic carbocycles. The van der Waals surface area contributed by atoms with E-state index in [0.29, 0.717) is 0 Å². The minimum Gasteiger partial charge on any atom is -0.375 e. The lowest BCUT2D eigenvalue weighted by molar-refractivity contribution is -0.133. The van der Waals surface area contributed by atoms with Gasteiger partial charge in [-0.3, -0.25) is 4.79 Å². The molecule has 0 radical (unpaired) electrons. The lowest BCUT2D eigenvalue weighted by atomic mass is 10.1. The number of hydrogen-bond acceptors (Lipinski definition) is 3. The van der Waals surface area contributed by atoms with Crippen molar-refractivity contribution in [1.29, 1.82) is 0 Å². The summed E-state index contributed by atoms with van der Waals surface area (Å²) in [6.07, 6.45) is 9.08. The van der Waals surface area contributed by atoms with Crippen molar-refractivity contribution < 1.29 is 9.53 Å². The zero-order valence-electron chi connectivity index (χ0n) is 12.7. The number of carbonyl (C=O) groups excluding carboxylic acids is 1. The largest absolute Gasteiger partial charge is 0.375 e. The Morgan fingerprint density at radius 2 is 1.79 bits per heavy atom. The molecule has 1 rings (SSSR count). The smallest absolute Gasteiger partial charge is 0.248 e. The average Bonchev–Trinajstić information content (AvgIpc) is 2.43. The average molecular weight is 270 g/mol. The molecule has 0 aromatic rings. The van der Waals surface area contributed by atoms with Gasteiger partial charge in [0.05, 0.1) is 0 Å². The summed E-state index contributed by atoms with van der Waals surface area (Å²) < 4.78 is 4.84. The Balaban J connectivity index is 1.91. The monoisotopic (exact) mass is 270 g/mol. The van der Waals surface area contributed by atoms with E-state index in [1.165, 1.54) is 58.2 Å². The Morgan fingerprint density at radius 1 is 1.11 bits per heavy atom. The van der Waals surface area contributed by atoms with Crippen LogP contribution in [0.4, 0.5) is 0 Å². The van der Waals surface area contributed by atoms with E-state index in [1.54, 1.807) is 12.0 Å². The minimum absolute atomic E-state index is 0.0795. The third-order valence-electron chi connectivity index (χ3n) is 3.86. The second-order valence-corrected chi connectivity index (χ2v) is 5.56. The van der Waals surface area contributed by atoms with E-state index in [4.69, 9.17) is 4.74 Å². The van der Waals surface area contributed by atoms with E-state index in [1.807, 2.05) is 7.05 Å². The van der Waals surface area contributed by atoms with Crippen molar-refractivity contribution in [1.82, 2.24) is 9.80 Å². The summed E-state index contributed by atoms with van der Waals surface area (Å²) in [5, 5.41) is 0. The molecule has 0 aromatic heterocycles. The van der Waals surface area contributed by atoms with Crippen LogP contribution in [0.15, 0.2) is 0 Å². The van der Waals surface area contributed by atoms with Crippen LogP contribution in [-0.2, 0) is 9.53 Å². The normalized spacial score (nSPS) is 16.5. The molecular weight excluding hydrogens is 240 g/mol. The third kappa shape index (κ3) is 7.53. The van der Waals surface area contributed by atoms with Crippen molar-refractivity contribution in [2.75, 3.05) is 46.9 Å². The molecule has 1 aliphatic rings. The number of unbranched alkanes of at least 4 members (excludes halogenated alkanes) is 3. The van der Waals surface area contributed by atoms with Gasteiger partial charge in [0, 0.05) is 20.7 Å². The van der Waals surface area contributed by atoms with Crippen molar-refractivity contribution in [3.8, 4) is 0 Å². The van der Waals surface area contributed by atoms with Gasteiger partial charge in [-0.2, -0.15) is 0 Å². The van der Waals surface area contributed by atoms with E-state index in [0.717, 1.165) is 13.0 Å². The van der Waals surface area contributed by atoms with Gasteiger partial charge in [-0.1, -0.05) is 19.3 Å². The Kier molecular flexibility index (Phi) is 8.84. The Morgan fingerprint density at radius 3 is 2.47 bits per heavy atom. The number of carbonyl (C=O) groups is 1. The number of likely N-dealkylation sites (tertiary alicyclic amines) is 1. The van der Waals surface area contributed by atoms with Crippen molar-refractivity contribution in [2.24, 2.45) is 0 Å². The van der Waals surface area contributed by atoms with Crippen LogP contribution in [0.1, 0.15) is 44.9 Å². The molecule has 0 N–H and O–H groups in total. The summed E-state index contributed by atoms with van der Waals surface area (Å²) in [6, 6.07) is 0. The van der Waals surface area contributed by atoms with Gasteiger partial charge in [0.1, 0.15) is 6.61 Å². The number of methoxy groups -OCH3 is 1. The number of likely N-dealkylation sites (N-methyl/N-ethyl adjacent to an activating group) is 1. The first-order valence-corrected chi connectivity index (χ1v) is 7.69. The first-order valence-electron chi connectivity index (χ1n) is 7.69. The fraction of sp³-hybridized carbons (Fsp3) is 0.933. The third-order valence-corrected chi connectivity index (χ3v) is 3.86. The molecule has 19 heavy (non-hydrogen) atoms. The van der Waals surface area contributed by atoms with Gasteiger partial charge in [-0.05, 0) is 45.3 Å². The molecule has 1 amide bonds. The summed E-state index contributed by atoms with van der Waals surface area (Å²) in [5.74, 6) is 0.0795. The van der Waals surface area contributed by atoms with Crippen LogP contribution in [0, 0.1) is 0 Å². The molecule has 1 fully saturated rings. The molecule has 4 heteroatoms. The first-order chi connectivity index (χ1) is 9.24. The Bertz CT molecular complexity index is 240. The summed E-state index contributed by atoms with van der Waals surface area (Å²) in [7, 11) is 3.42. The highest BCUT2D eigenvalue weighted by Crippen LogP contribution is 2.10. The van der Waals surface area contributed by atoms with Gasteiger partial charge >= 0.3 is 0 Å². The van der Waals surface area contributed by atoms with Gasteiger partial charge in [0.15, 0.2) is 0 Å². The van der Waals surface area contributed by atoms with Crippen LogP contribution in [0.25, 0.3) is 0 Å². The number of nitrogens with zero attached hydrogens (tertiary/aromatic N) is 2. The molecule has 0 spiro atoms. The van der Waals surface area contributed by atoms with Crippen LogP contribution in [0.5, 0.6) is 0 Å². The molecule has 0 unspecified atom stereocenters. The quantitative estimate of drug-likeness (QED) is 0.602. The standard InChI is InChI=1S/C15H30N2O2/c1-16(15(18)14-19-2)10-6-3-4-7-11-17-12-8-5-9-13-17/h3-14H2,1-2H3. The Hall–Kier alpha value is -0.610. The van der Waals surface area contributed by atoms with E-state index < -0.39 is 0 Å². The number of ether oxygens (including phenoxy) is 1. The first kappa shape index (κ1) is 16.4. The van der Waals surface area contributed by atoms with Gasteiger partial charge in [0.2, 0.25) is 5.91 Å². The van der Waals surface area contributed by atoms with Crippen molar-refractivity contribution in [2.45, 2.75) is 44.9 Å². The molecule has 0 saturated carbocycles. The number of amides is 1. The zero-order valence-corrected chi connectivity index (χ0v) is 12.7. The zero-order chi connectivity index (χ0) is 13.9. The molecule has 112 valence electrons. The molecule has 1 aliphatic heterocycles. The fourth-order valence-electron chi connectivity index (χ4n) is 2.58. The predicted octanol–water partition coefficient (Wildman–Crippen LogP) is 2.14. The van der Waals surface area contributed by atoms with E-state index in [-0.39, 0.29) is 12.5 Å². The molecular formula is C15H30N2O2. The van der Waals surface area contributed by atoms with Crippen LogP contribution in [-0.4, -0.2) is 62.7 Å². The SMILES string of the molecule is COCC(=O)N(C)CCCCCCN1CCCCC1. The topological polar surface area (TPSA) is 32.8 Å². The van der Waals surface area contributed by atoms with Crippen LogP contribution < -0.4 is 0 Å². The molecule has 1 saturated heterocycles. The van der Waals surface area contributed by atoms with Gasteiger partial charge in [0.25, 0.3) is 0 Å². The second-order valence-electron chi connectivity index (χ2n) is 5.56. The highest BCUT2D eigenvalue weighted by molar-refractivity contribution is 5.77. The van der Waals surface area contributed by atoms with Crippen molar-refractivity contribution in [3.05, 3.63) is 0 Å². The Labute approximate surface area is 118 Å². The lowest BCUT2D eigenvalue weighted by Gasteiger charge is -2.26. The maximum atomic E-state index is 11.5. The van der Waals surface area contributed by atoms with Gasteiger partial charge < -0.3 is 14.5 Å². The molecule has 0 atom stereocenters. The molecule has 0 bridgehead atoms. The summed E-state index contributed by atoms with van der Waals surface area (Å²) >= 11 is 0. The van der Waals surface area contributed by atoms with Gasteiger partial charge in [-0.25, -0.2) is 0 Å². The van der Waals surface area contributed by atoms with Crippen LogP contribution in [0.3, 0.4) is 0 Å². The maximum Gasteiger partial charge on any atom is 0.248 e. The van der Waals surface area contributed by atoms with E-state index in [9.17, 15) is 4.79 Å². The van der Waals surface area contributed by atoms with Crippen molar-refractivity contribution >= 4 is 5.91 Å².